The molecule has 3 nitrogen and oxygen atoms in total. The summed E-state index contributed by atoms with van der Waals surface area (Å²) in [7, 11) is 0. The summed E-state index contributed by atoms with van der Waals surface area (Å²) in [4.78, 5) is 13.9. The van der Waals surface area contributed by atoms with Gasteiger partial charge in [0.2, 0.25) is 5.91 Å². The molecule has 0 unspecified atom stereocenters. The van der Waals surface area contributed by atoms with Crippen molar-refractivity contribution in [3.8, 4) is 5.75 Å². The van der Waals surface area contributed by atoms with Crippen LogP contribution >= 0.6 is 23.2 Å². The van der Waals surface area contributed by atoms with Crippen LogP contribution in [0.25, 0.3) is 0 Å². The molecule has 1 aromatic rings. The van der Waals surface area contributed by atoms with E-state index in [0.717, 1.165) is 25.9 Å². The minimum absolute atomic E-state index is 0.188. The Kier molecular flexibility index (Phi) is 5.95. The van der Waals surface area contributed by atoms with E-state index in [2.05, 4.69) is 6.58 Å². The lowest BCUT2D eigenvalue weighted by Crippen LogP contribution is -2.36. The van der Waals surface area contributed by atoms with Gasteiger partial charge in [0, 0.05) is 24.5 Å². The van der Waals surface area contributed by atoms with E-state index >= 15 is 0 Å². The Labute approximate surface area is 135 Å². The Bertz CT molecular complexity index is 521. The predicted molar refractivity (Wildman–Crippen MR) is 86.1 cm³/mol. The van der Waals surface area contributed by atoms with Crippen molar-refractivity contribution >= 4 is 29.1 Å². The third-order valence-corrected chi connectivity index (χ3v) is 4.04. The number of benzene rings is 1. The van der Waals surface area contributed by atoms with Crippen molar-refractivity contribution in [1.29, 1.82) is 0 Å². The number of likely N-dealkylation sites (tertiary alicyclic amines) is 1. The molecule has 1 aliphatic rings. The van der Waals surface area contributed by atoms with E-state index in [0.29, 0.717) is 35.2 Å². The van der Waals surface area contributed by atoms with Gasteiger partial charge in [-0.15, -0.1) is 0 Å². The number of nitrogens with zero attached hydrogens (tertiary/aromatic N) is 1. The highest BCUT2D eigenvalue weighted by Crippen LogP contribution is 2.27. The molecule has 1 fully saturated rings. The molecule has 0 atom stereocenters. The van der Waals surface area contributed by atoms with Gasteiger partial charge in [0.25, 0.3) is 0 Å². The van der Waals surface area contributed by atoms with Gasteiger partial charge in [-0.25, -0.2) is 0 Å². The highest BCUT2D eigenvalue weighted by molar-refractivity contribution is 6.35. The van der Waals surface area contributed by atoms with Crippen LogP contribution in [0, 0.1) is 0 Å². The third-order valence-electron chi connectivity index (χ3n) is 3.51. The maximum atomic E-state index is 12.0. The number of halogens is 2. The van der Waals surface area contributed by atoms with Crippen LogP contribution in [0.5, 0.6) is 5.75 Å². The molecule has 0 aliphatic carbocycles. The molecule has 1 aliphatic heterocycles. The van der Waals surface area contributed by atoms with E-state index in [-0.39, 0.29) is 5.91 Å². The van der Waals surface area contributed by atoms with Crippen LogP contribution in [0.15, 0.2) is 30.4 Å². The van der Waals surface area contributed by atoms with Gasteiger partial charge < -0.3 is 9.64 Å². The van der Waals surface area contributed by atoms with Crippen LogP contribution in [0.4, 0.5) is 0 Å². The van der Waals surface area contributed by atoms with Crippen molar-refractivity contribution in [3.05, 3.63) is 40.4 Å². The normalized spacial score (nSPS) is 15.1. The predicted octanol–water partition coefficient (Wildman–Crippen LogP) is 4.33. The summed E-state index contributed by atoms with van der Waals surface area (Å²) < 4.78 is 5.57. The minimum atomic E-state index is 0.188. The molecule has 0 aromatic heterocycles. The number of piperidine rings is 1. The second-order valence-corrected chi connectivity index (χ2v) is 6.00. The molecular formula is C16H19Cl2NO2. The summed E-state index contributed by atoms with van der Waals surface area (Å²) in [5.74, 6) is 0.788. The number of hydrogen-bond donors (Lipinski definition) is 0. The second kappa shape index (κ2) is 7.71. The van der Waals surface area contributed by atoms with Gasteiger partial charge in [0.05, 0.1) is 11.6 Å². The van der Waals surface area contributed by atoms with Gasteiger partial charge in [0.1, 0.15) is 5.75 Å². The molecule has 1 amide bonds. The second-order valence-electron chi connectivity index (χ2n) is 5.16. The van der Waals surface area contributed by atoms with Gasteiger partial charge in [-0.3, -0.25) is 4.79 Å². The first-order valence-corrected chi connectivity index (χ1v) is 7.84. The lowest BCUT2D eigenvalue weighted by atomic mass is 10.1. The number of rotatable bonds is 5. The number of carbonyl (C=O) groups is 1. The van der Waals surface area contributed by atoms with Crippen LogP contribution in [-0.4, -0.2) is 30.5 Å². The lowest BCUT2D eigenvalue weighted by Gasteiger charge is -2.28. The van der Waals surface area contributed by atoms with E-state index in [1.165, 1.54) is 5.57 Å². The molecule has 0 spiro atoms. The summed E-state index contributed by atoms with van der Waals surface area (Å²) in [5.41, 5.74) is 1.24. The van der Waals surface area contributed by atoms with Gasteiger partial charge >= 0.3 is 0 Å². The maximum absolute atomic E-state index is 12.0. The van der Waals surface area contributed by atoms with Gasteiger partial charge in [-0.05, 0) is 37.5 Å². The molecule has 114 valence electrons. The van der Waals surface area contributed by atoms with Gasteiger partial charge in [0.15, 0.2) is 0 Å². The fraction of sp³-hybridized carbons (Fsp3) is 0.438. The molecular weight excluding hydrogens is 309 g/mol. The first-order valence-electron chi connectivity index (χ1n) is 7.08. The lowest BCUT2D eigenvalue weighted by molar-refractivity contribution is -0.131. The monoisotopic (exact) mass is 327 g/mol. The molecule has 1 saturated heterocycles. The minimum Gasteiger partial charge on any atom is -0.492 e. The quantitative estimate of drug-likeness (QED) is 0.595. The fourth-order valence-corrected chi connectivity index (χ4v) is 2.69. The number of ether oxygens (including phenoxy) is 1. The largest absolute Gasteiger partial charge is 0.492 e. The van der Waals surface area contributed by atoms with Crippen LogP contribution in [0.2, 0.25) is 10.0 Å². The van der Waals surface area contributed by atoms with Crippen molar-refractivity contribution in [2.45, 2.75) is 25.7 Å². The molecule has 0 radical (unpaired) electrons. The highest BCUT2D eigenvalue weighted by Gasteiger charge is 2.17. The van der Waals surface area contributed by atoms with E-state index in [4.69, 9.17) is 27.9 Å². The van der Waals surface area contributed by atoms with Crippen molar-refractivity contribution in [3.63, 3.8) is 0 Å². The van der Waals surface area contributed by atoms with Crippen LogP contribution in [0.3, 0.4) is 0 Å². The molecule has 2 rings (SSSR count). The average Bonchev–Trinajstić information content (AvgIpc) is 2.46. The van der Waals surface area contributed by atoms with Crippen molar-refractivity contribution in [2.75, 3.05) is 19.7 Å². The van der Waals surface area contributed by atoms with Gasteiger partial charge in [-0.1, -0.05) is 35.4 Å². The van der Waals surface area contributed by atoms with Crippen molar-refractivity contribution in [2.24, 2.45) is 0 Å². The fourth-order valence-electron chi connectivity index (χ4n) is 2.23. The number of amides is 1. The SMILES string of the molecule is C=C1CCN(C(=O)CCCOc2ccc(Cl)cc2Cl)CC1. The topological polar surface area (TPSA) is 29.5 Å². The Balaban J connectivity index is 1.69. The third kappa shape index (κ3) is 4.94. The smallest absolute Gasteiger partial charge is 0.222 e. The standard InChI is InChI=1S/C16H19Cl2NO2/c1-12-6-8-19(9-7-12)16(20)3-2-10-21-15-5-4-13(17)11-14(15)18/h4-5,11H,1-3,6-10H2. The zero-order valence-corrected chi connectivity index (χ0v) is 13.4. The molecule has 21 heavy (non-hydrogen) atoms. The molecule has 0 N–H and O–H groups in total. The zero-order chi connectivity index (χ0) is 15.2. The number of carbonyl (C=O) groups excluding carboxylic acids is 1. The summed E-state index contributed by atoms with van der Waals surface area (Å²) in [6.07, 6.45) is 3.01. The molecule has 5 heteroatoms. The van der Waals surface area contributed by atoms with E-state index < -0.39 is 0 Å². The van der Waals surface area contributed by atoms with Crippen molar-refractivity contribution < 1.29 is 9.53 Å². The molecule has 0 saturated carbocycles. The summed E-state index contributed by atoms with van der Waals surface area (Å²) in [5, 5.41) is 1.07. The molecule has 1 heterocycles. The number of hydrogen-bond acceptors (Lipinski definition) is 2. The average molecular weight is 328 g/mol. The summed E-state index contributed by atoms with van der Waals surface area (Å²) in [6.45, 7) is 6.00. The zero-order valence-electron chi connectivity index (χ0n) is 11.9. The summed E-state index contributed by atoms with van der Waals surface area (Å²) in [6, 6.07) is 5.11. The van der Waals surface area contributed by atoms with Gasteiger partial charge in [-0.2, -0.15) is 0 Å². The molecule has 0 bridgehead atoms. The van der Waals surface area contributed by atoms with Crippen LogP contribution < -0.4 is 4.74 Å². The Hall–Kier alpha value is -1.19. The van der Waals surface area contributed by atoms with E-state index in [1.807, 2.05) is 4.90 Å². The highest BCUT2D eigenvalue weighted by atomic mass is 35.5. The van der Waals surface area contributed by atoms with Crippen molar-refractivity contribution in [1.82, 2.24) is 4.90 Å². The Morgan fingerprint density at radius 2 is 2.00 bits per heavy atom. The van der Waals surface area contributed by atoms with Crippen LogP contribution in [0.1, 0.15) is 25.7 Å². The summed E-state index contributed by atoms with van der Waals surface area (Å²) >= 11 is 11.8. The van der Waals surface area contributed by atoms with E-state index in [9.17, 15) is 4.79 Å². The Morgan fingerprint density at radius 1 is 1.29 bits per heavy atom. The first kappa shape index (κ1) is 16.2. The molecule has 1 aromatic carbocycles. The van der Waals surface area contributed by atoms with Crippen LogP contribution in [-0.2, 0) is 4.79 Å². The maximum Gasteiger partial charge on any atom is 0.222 e. The Morgan fingerprint density at radius 3 is 2.67 bits per heavy atom. The van der Waals surface area contributed by atoms with E-state index in [1.54, 1.807) is 18.2 Å². The first-order chi connectivity index (χ1) is 10.1.